The molecule has 1 heterocycles. The molecular weight excluding hydrogens is 262 g/mol. The summed E-state index contributed by atoms with van der Waals surface area (Å²) in [5, 5.41) is 0. The summed E-state index contributed by atoms with van der Waals surface area (Å²) in [6.07, 6.45) is 6.53. The molecular formula is C17H35N3O. The highest BCUT2D eigenvalue weighted by molar-refractivity contribution is 5.85. The van der Waals surface area contributed by atoms with Crippen LogP contribution in [0.3, 0.4) is 0 Å². The molecule has 0 unspecified atom stereocenters. The van der Waals surface area contributed by atoms with Gasteiger partial charge < -0.3 is 10.6 Å². The molecule has 1 amide bonds. The van der Waals surface area contributed by atoms with Crippen LogP contribution in [0.15, 0.2) is 0 Å². The predicted molar refractivity (Wildman–Crippen MR) is 89.3 cm³/mol. The molecule has 0 saturated carbocycles. The molecule has 0 bridgehead atoms. The molecule has 0 atom stereocenters. The second kappa shape index (κ2) is 8.74. The van der Waals surface area contributed by atoms with Gasteiger partial charge in [-0.1, -0.05) is 26.7 Å². The highest BCUT2D eigenvalue weighted by Gasteiger charge is 2.37. The maximum atomic E-state index is 12.9. The first-order valence-corrected chi connectivity index (χ1v) is 8.73. The van der Waals surface area contributed by atoms with E-state index < -0.39 is 5.54 Å². The van der Waals surface area contributed by atoms with E-state index in [-0.39, 0.29) is 11.9 Å². The minimum absolute atomic E-state index is 0.272. The lowest BCUT2D eigenvalue weighted by molar-refractivity contribution is -0.144. The van der Waals surface area contributed by atoms with Crippen molar-refractivity contribution in [2.75, 3.05) is 26.2 Å². The number of nitrogens with zero attached hydrogens (tertiary/aromatic N) is 2. The Bertz CT molecular complexity index is 301. The van der Waals surface area contributed by atoms with Crippen LogP contribution in [-0.2, 0) is 4.79 Å². The molecule has 4 heteroatoms. The third-order valence-electron chi connectivity index (χ3n) is 4.70. The van der Waals surface area contributed by atoms with Crippen LogP contribution in [0.2, 0.25) is 0 Å². The van der Waals surface area contributed by atoms with E-state index in [4.69, 9.17) is 5.73 Å². The first kappa shape index (κ1) is 18.4. The van der Waals surface area contributed by atoms with Crippen molar-refractivity contribution in [2.24, 2.45) is 5.73 Å². The highest BCUT2D eigenvalue weighted by atomic mass is 16.2. The van der Waals surface area contributed by atoms with Gasteiger partial charge in [-0.15, -0.1) is 0 Å². The number of likely N-dealkylation sites (tertiary alicyclic amines) is 1. The summed E-state index contributed by atoms with van der Waals surface area (Å²) >= 11 is 0. The van der Waals surface area contributed by atoms with Crippen molar-refractivity contribution in [3.8, 4) is 0 Å². The van der Waals surface area contributed by atoms with Crippen LogP contribution >= 0.6 is 0 Å². The lowest BCUT2D eigenvalue weighted by atomic mass is 9.96. The van der Waals surface area contributed by atoms with Crippen LogP contribution in [0.25, 0.3) is 0 Å². The third kappa shape index (κ3) is 5.26. The Morgan fingerprint density at radius 1 is 1.14 bits per heavy atom. The molecule has 0 aliphatic carbocycles. The van der Waals surface area contributed by atoms with Gasteiger partial charge >= 0.3 is 0 Å². The molecule has 21 heavy (non-hydrogen) atoms. The van der Waals surface area contributed by atoms with Gasteiger partial charge in [0.25, 0.3) is 0 Å². The Morgan fingerprint density at radius 2 is 1.62 bits per heavy atom. The Morgan fingerprint density at radius 3 is 2.05 bits per heavy atom. The summed E-state index contributed by atoms with van der Waals surface area (Å²) in [6, 6.07) is 0.272. The molecule has 1 aliphatic heterocycles. The van der Waals surface area contributed by atoms with Crippen molar-refractivity contribution in [1.29, 1.82) is 0 Å². The number of rotatable bonds is 8. The third-order valence-corrected chi connectivity index (χ3v) is 4.70. The summed E-state index contributed by atoms with van der Waals surface area (Å²) in [5.41, 5.74) is 5.55. The van der Waals surface area contributed by atoms with Crippen LogP contribution in [0.1, 0.15) is 66.2 Å². The van der Waals surface area contributed by atoms with Crippen LogP contribution in [0, 0.1) is 0 Å². The minimum Gasteiger partial charge on any atom is -0.341 e. The molecule has 0 spiro atoms. The summed E-state index contributed by atoms with van der Waals surface area (Å²) in [7, 11) is 0. The highest BCUT2D eigenvalue weighted by Crippen LogP contribution is 2.22. The molecule has 0 aromatic rings. The van der Waals surface area contributed by atoms with E-state index in [9.17, 15) is 4.79 Å². The smallest absolute Gasteiger partial charge is 0.242 e. The number of carbonyl (C=O) groups excluding carboxylic acids is 1. The van der Waals surface area contributed by atoms with E-state index in [1.54, 1.807) is 0 Å². The van der Waals surface area contributed by atoms with Gasteiger partial charge in [0.05, 0.1) is 5.54 Å². The maximum absolute atomic E-state index is 12.9. The number of hydrogen-bond acceptors (Lipinski definition) is 3. The average Bonchev–Trinajstić information content (AvgIpc) is 2.47. The monoisotopic (exact) mass is 297 g/mol. The van der Waals surface area contributed by atoms with Crippen molar-refractivity contribution in [1.82, 2.24) is 9.80 Å². The second-order valence-corrected chi connectivity index (χ2v) is 6.88. The summed E-state index contributed by atoms with van der Waals surface area (Å²) in [4.78, 5) is 17.3. The van der Waals surface area contributed by atoms with Crippen molar-refractivity contribution in [3.05, 3.63) is 0 Å². The summed E-state index contributed by atoms with van der Waals surface area (Å²) in [5.74, 6) is 0.279. The zero-order valence-corrected chi connectivity index (χ0v) is 14.5. The van der Waals surface area contributed by atoms with Crippen molar-refractivity contribution in [3.63, 3.8) is 0 Å². The van der Waals surface area contributed by atoms with Gasteiger partial charge in [0, 0.05) is 19.1 Å². The molecule has 0 radical (unpaired) electrons. The summed E-state index contributed by atoms with van der Waals surface area (Å²) in [6.45, 7) is 12.3. The number of nitrogens with two attached hydrogens (primary N) is 1. The molecule has 124 valence electrons. The quantitative estimate of drug-likeness (QED) is 0.749. The van der Waals surface area contributed by atoms with Gasteiger partial charge in [-0.3, -0.25) is 9.69 Å². The molecule has 1 saturated heterocycles. The topological polar surface area (TPSA) is 49.6 Å². The number of hydrogen-bond donors (Lipinski definition) is 1. The Labute approximate surface area is 131 Å². The molecule has 2 N–H and O–H groups in total. The summed E-state index contributed by atoms with van der Waals surface area (Å²) < 4.78 is 0. The molecule has 4 nitrogen and oxygen atoms in total. The van der Waals surface area contributed by atoms with E-state index >= 15 is 0 Å². The second-order valence-electron chi connectivity index (χ2n) is 6.88. The number of carbonyl (C=O) groups is 1. The van der Waals surface area contributed by atoms with Gasteiger partial charge in [-0.25, -0.2) is 0 Å². The van der Waals surface area contributed by atoms with E-state index in [2.05, 4.69) is 32.6 Å². The zero-order valence-electron chi connectivity index (χ0n) is 14.5. The van der Waals surface area contributed by atoms with Crippen LogP contribution in [-0.4, -0.2) is 53.5 Å². The van der Waals surface area contributed by atoms with Crippen molar-refractivity contribution in [2.45, 2.75) is 77.8 Å². The molecule has 1 rings (SSSR count). The molecule has 1 fully saturated rings. The van der Waals surface area contributed by atoms with Crippen molar-refractivity contribution < 1.29 is 4.79 Å². The van der Waals surface area contributed by atoms with Gasteiger partial charge in [-0.2, -0.15) is 0 Å². The lowest BCUT2D eigenvalue weighted by Crippen LogP contribution is -2.58. The Balaban J connectivity index is 2.69. The number of piperidine rings is 1. The Kier molecular flexibility index (Phi) is 7.67. The zero-order chi connectivity index (χ0) is 15.9. The Hall–Kier alpha value is -0.610. The van der Waals surface area contributed by atoms with E-state index in [0.29, 0.717) is 0 Å². The average molecular weight is 297 g/mol. The van der Waals surface area contributed by atoms with Crippen LogP contribution < -0.4 is 5.73 Å². The van der Waals surface area contributed by atoms with E-state index in [1.165, 1.54) is 12.8 Å². The maximum Gasteiger partial charge on any atom is 0.242 e. The van der Waals surface area contributed by atoms with Gasteiger partial charge in [0.1, 0.15) is 0 Å². The largest absolute Gasteiger partial charge is 0.341 e. The molecule has 0 aromatic heterocycles. The fourth-order valence-corrected chi connectivity index (χ4v) is 2.99. The first-order chi connectivity index (χ1) is 9.93. The molecule has 0 aromatic carbocycles. The minimum atomic E-state index is -0.397. The normalized spacial score (nSPS) is 17.5. The van der Waals surface area contributed by atoms with Crippen LogP contribution in [0.5, 0.6) is 0 Å². The fraction of sp³-hybridized carbons (Fsp3) is 0.941. The van der Waals surface area contributed by atoms with Crippen molar-refractivity contribution >= 4 is 5.91 Å². The van der Waals surface area contributed by atoms with E-state index in [1.807, 2.05) is 4.90 Å². The number of unbranched alkanes of at least 4 members (excludes halogenated alkanes) is 2. The van der Waals surface area contributed by atoms with E-state index in [0.717, 1.165) is 51.9 Å². The molecule has 1 aliphatic rings. The predicted octanol–water partition coefficient (Wildman–Crippen LogP) is 2.62. The van der Waals surface area contributed by atoms with Crippen LogP contribution in [0.4, 0.5) is 0 Å². The fourth-order valence-electron chi connectivity index (χ4n) is 2.99. The SMILES string of the molecule is CCCCN(CCCC)C(C)(C)C(=O)N1CCC(N)CC1. The van der Waals surface area contributed by atoms with Gasteiger partial charge in [0.2, 0.25) is 5.91 Å². The van der Waals surface area contributed by atoms with Gasteiger partial charge in [-0.05, 0) is 52.6 Å². The number of amides is 1. The standard InChI is InChI=1S/C17H35N3O/c1-5-7-11-20(12-8-6-2)17(3,4)16(21)19-13-9-15(18)10-14-19/h15H,5-14,18H2,1-4H3. The van der Waals surface area contributed by atoms with Gasteiger partial charge in [0.15, 0.2) is 0 Å². The lowest BCUT2D eigenvalue weighted by Gasteiger charge is -2.42. The first-order valence-electron chi connectivity index (χ1n) is 8.73.